The van der Waals surface area contributed by atoms with Gasteiger partial charge in [0.05, 0.1) is 5.75 Å². The van der Waals surface area contributed by atoms with Crippen LogP contribution in [0.15, 0.2) is 46.1 Å². The van der Waals surface area contributed by atoms with Crippen LogP contribution in [0.25, 0.3) is 0 Å². The fraction of sp³-hybridized carbons (Fsp3) is 0.188. The van der Waals surface area contributed by atoms with Gasteiger partial charge in [-0.2, -0.15) is 0 Å². The van der Waals surface area contributed by atoms with Crippen LogP contribution >= 0.6 is 46.0 Å². The highest BCUT2D eigenvalue weighted by atomic mass is 35.5. The average molecular weight is 396 g/mol. The first-order valence-corrected chi connectivity index (χ1v) is 10.3. The van der Waals surface area contributed by atoms with Crippen molar-refractivity contribution >= 4 is 57.0 Å². The van der Waals surface area contributed by atoms with Crippen molar-refractivity contribution in [2.75, 3.05) is 17.6 Å². The third-order valence-corrected chi connectivity index (χ3v) is 6.33. The zero-order valence-electron chi connectivity index (χ0n) is 12.6. The van der Waals surface area contributed by atoms with Gasteiger partial charge in [-0.15, -0.1) is 21.5 Å². The van der Waals surface area contributed by atoms with E-state index in [1.807, 2.05) is 0 Å². The van der Waals surface area contributed by atoms with Gasteiger partial charge in [-0.05, 0) is 42.1 Å². The number of thioether (sulfide) groups is 1. The van der Waals surface area contributed by atoms with Crippen molar-refractivity contribution in [1.29, 1.82) is 0 Å². The van der Waals surface area contributed by atoms with E-state index in [9.17, 15) is 4.79 Å². The molecule has 4 nitrogen and oxygen atoms in total. The lowest BCUT2D eigenvalue weighted by Gasteiger charge is -2.00. The first-order valence-electron chi connectivity index (χ1n) is 7.22. The van der Waals surface area contributed by atoms with Gasteiger partial charge in [0.15, 0.2) is 10.1 Å². The number of carbonyl (C=O) groups excluding carboxylic acids is 1. The van der Waals surface area contributed by atoms with Crippen LogP contribution in [-0.2, 0) is 6.42 Å². The third kappa shape index (κ3) is 5.04. The molecule has 8 heteroatoms. The second kappa shape index (κ2) is 8.62. The van der Waals surface area contributed by atoms with Crippen LogP contribution in [0.3, 0.4) is 0 Å². The molecular weight excluding hydrogens is 382 g/mol. The van der Waals surface area contributed by atoms with E-state index in [0.717, 1.165) is 22.4 Å². The van der Waals surface area contributed by atoms with Gasteiger partial charge in [-0.1, -0.05) is 40.8 Å². The Labute approximate surface area is 157 Å². The van der Waals surface area contributed by atoms with Crippen molar-refractivity contribution in [3.8, 4) is 0 Å². The lowest BCUT2D eigenvalue weighted by Crippen LogP contribution is -2.03. The molecule has 0 aliphatic rings. The highest BCUT2D eigenvalue weighted by Gasteiger charge is 2.10. The Morgan fingerprint density at radius 2 is 2.04 bits per heavy atom. The lowest BCUT2D eigenvalue weighted by molar-refractivity contribution is 0.102. The molecule has 2 aromatic heterocycles. The van der Waals surface area contributed by atoms with Gasteiger partial charge in [-0.3, -0.25) is 4.79 Å². The Balaban J connectivity index is 1.45. The van der Waals surface area contributed by atoms with Crippen LogP contribution in [0, 0.1) is 0 Å². The minimum Gasteiger partial charge on any atom is -0.360 e. The van der Waals surface area contributed by atoms with Crippen LogP contribution in [0.2, 0.25) is 5.02 Å². The molecule has 0 spiro atoms. The number of nitrogens with one attached hydrogen (secondary N) is 1. The Morgan fingerprint density at radius 3 is 2.79 bits per heavy atom. The van der Waals surface area contributed by atoms with Crippen molar-refractivity contribution in [1.82, 2.24) is 10.2 Å². The van der Waals surface area contributed by atoms with Gasteiger partial charge in [0.2, 0.25) is 5.13 Å². The number of carbonyl (C=O) groups is 1. The average Bonchev–Trinajstić information content (AvgIpc) is 3.25. The molecule has 1 N–H and O–H groups in total. The normalized spacial score (nSPS) is 10.7. The number of thiophene rings is 1. The molecule has 3 rings (SSSR count). The molecule has 0 saturated heterocycles. The highest BCUT2D eigenvalue weighted by Crippen LogP contribution is 2.26. The SMILES string of the molecule is O=C(CSc1nnc(NCCc2cccs2)s1)c1ccc(Cl)cc1. The molecule has 124 valence electrons. The van der Waals surface area contributed by atoms with E-state index >= 15 is 0 Å². The standard InChI is InChI=1S/C16H14ClN3OS3/c17-12-5-3-11(4-6-12)14(21)10-23-16-20-19-15(24-16)18-8-7-13-2-1-9-22-13/h1-6,9H,7-8,10H2,(H,18,19). The van der Waals surface area contributed by atoms with Crippen LogP contribution in [0.5, 0.6) is 0 Å². The second-order valence-electron chi connectivity index (χ2n) is 4.85. The summed E-state index contributed by atoms with van der Waals surface area (Å²) in [5.74, 6) is 0.393. The topological polar surface area (TPSA) is 54.9 Å². The monoisotopic (exact) mass is 395 g/mol. The molecule has 0 aliphatic carbocycles. The molecule has 3 aromatic rings. The van der Waals surface area contributed by atoms with Gasteiger partial charge in [-0.25, -0.2) is 0 Å². The number of rotatable bonds is 8. The van der Waals surface area contributed by atoms with Crippen LogP contribution < -0.4 is 5.32 Å². The molecule has 0 unspecified atom stereocenters. The number of ketones is 1. The molecule has 0 saturated carbocycles. The fourth-order valence-corrected chi connectivity index (χ4v) is 4.44. The minimum absolute atomic E-state index is 0.0547. The molecular formula is C16H14ClN3OS3. The summed E-state index contributed by atoms with van der Waals surface area (Å²) in [5, 5.41) is 15.0. The number of aromatic nitrogens is 2. The van der Waals surface area contributed by atoms with E-state index in [1.165, 1.54) is 28.0 Å². The Kier molecular flexibility index (Phi) is 6.25. The van der Waals surface area contributed by atoms with E-state index < -0.39 is 0 Å². The summed E-state index contributed by atoms with van der Waals surface area (Å²) in [6.45, 7) is 0.823. The van der Waals surface area contributed by atoms with Gasteiger partial charge in [0, 0.05) is 22.0 Å². The van der Waals surface area contributed by atoms with E-state index in [1.54, 1.807) is 35.6 Å². The van der Waals surface area contributed by atoms with Crippen molar-refractivity contribution < 1.29 is 4.79 Å². The summed E-state index contributed by atoms with van der Waals surface area (Å²) in [6, 6.07) is 11.1. The number of halogens is 1. The van der Waals surface area contributed by atoms with E-state index in [-0.39, 0.29) is 5.78 Å². The molecule has 0 fully saturated rings. The largest absolute Gasteiger partial charge is 0.360 e. The minimum atomic E-state index is 0.0547. The maximum atomic E-state index is 12.1. The van der Waals surface area contributed by atoms with E-state index in [4.69, 9.17) is 11.6 Å². The van der Waals surface area contributed by atoms with E-state index in [2.05, 4.69) is 33.0 Å². The number of anilines is 1. The quantitative estimate of drug-likeness (QED) is 0.435. The lowest BCUT2D eigenvalue weighted by atomic mass is 10.1. The summed E-state index contributed by atoms with van der Waals surface area (Å²) in [4.78, 5) is 13.5. The van der Waals surface area contributed by atoms with Crippen LogP contribution in [-0.4, -0.2) is 28.3 Å². The first-order chi connectivity index (χ1) is 11.7. The maximum absolute atomic E-state index is 12.1. The van der Waals surface area contributed by atoms with Crippen molar-refractivity contribution in [3.63, 3.8) is 0 Å². The van der Waals surface area contributed by atoms with Crippen LogP contribution in [0.1, 0.15) is 15.2 Å². The van der Waals surface area contributed by atoms with Crippen LogP contribution in [0.4, 0.5) is 5.13 Å². The number of hydrogen-bond acceptors (Lipinski definition) is 7. The molecule has 0 aliphatic heterocycles. The summed E-state index contributed by atoms with van der Waals surface area (Å²) in [5.41, 5.74) is 0.658. The van der Waals surface area contributed by atoms with Crippen molar-refractivity contribution in [2.24, 2.45) is 0 Å². The first kappa shape index (κ1) is 17.4. The fourth-order valence-electron chi connectivity index (χ4n) is 1.93. The molecule has 0 atom stereocenters. The maximum Gasteiger partial charge on any atom is 0.206 e. The Bertz CT molecular complexity index is 787. The van der Waals surface area contributed by atoms with Crippen molar-refractivity contribution in [3.05, 3.63) is 57.2 Å². The summed E-state index contributed by atoms with van der Waals surface area (Å²) in [6.07, 6.45) is 0.967. The van der Waals surface area contributed by atoms with Crippen molar-refractivity contribution in [2.45, 2.75) is 10.8 Å². The van der Waals surface area contributed by atoms with Gasteiger partial charge in [0.1, 0.15) is 0 Å². The number of Topliss-reactive ketones (excluding diaryl/α,β-unsaturated/α-hetero) is 1. The predicted molar refractivity (Wildman–Crippen MR) is 103 cm³/mol. The zero-order valence-corrected chi connectivity index (χ0v) is 15.8. The molecule has 2 heterocycles. The second-order valence-corrected chi connectivity index (χ2v) is 8.52. The summed E-state index contributed by atoms with van der Waals surface area (Å²) >= 11 is 10.5. The summed E-state index contributed by atoms with van der Waals surface area (Å²) in [7, 11) is 0. The number of hydrogen-bond donors (Lipinski definition) is 1. The zero-order chi connectivity index (χ0) is 16.8. The Hall–Kier alpha value is -1.41. The van der Waals surface area contributed by atoms with E-state index in [0.29, 0.717) is 16.3 Å². The Morgan fingerprint density at radius 1 is 1.21 bits per heavy atom. The predicted octanol–water partition coefficient (Wildman–Crippen LogP) is 4.88. The van der Waals surface area contributed by atoms with Gasteiger partial charge < -0.3 is 5.32 Å². The third-order valence-electron chi connectivity index (χ3n) is 3.13. The number of nitrogens with zero attached hydrogens (tertiary/aromatic N) is 2. The molecule has 24 heavy (non-hydrogen) atoms. The molecule has 0 radical (unpaired) electrons. The molecule has 0 bridgehead atoms. The summed E-state index contributed by atoms with van der Waals surface area (Å²) < 4.78 is 0.788. The van der Waals surface area contributed by atoms with Gasteiger partial charge >= 0.3 is 0 Å². The smallest absolute Gasteiger partial charge is 0.206 e. The highest BCUT2D eigenvalue weighted by molar-refractivity contribution is 8.01. The molecule has 0 amide bonds. The van der Waals surface area contributed by atoms with Gasteiger partial charge in [0.25, 0.3) is 0 Å². The number of benzene rings is 1. The molecule has 1 aromatic carbocycles.